The Labute approximate surface area is 221 Å². The maximum absolute atomic E-state index is 12.7. The van der Waals surface area contributed by atoms with Gasteiger partial charge in [-0.05, 0) is 79.9 Å². The van der Waals surface area contributed by atoms with Gasteiger partial charge in [0.05, 0.1) is 31.2 Å². The van der Waals surface area contributed by atoms with Crippen LogP contribution in [-0.2, 0) is 0 Å². The van der Waals surface area contributed by atoms with E-state index < -0.39 is 0 Å². The predicted octanol–water partition coefficient (Wildman–Crippen LogP) is 6.24. The van der Waals surface area contributed by atoms with Crippen molar-refractivity contribution in [1.82, 2.24) is 5.32 Å². The van der Waals surface area contributed by atoms with Gasteiger partial charge in [0.25, 0.3) is 5.91 Å². The molecule has 0 radical (unpaired) electrons. The van der Waals surface area contributed by atoms with Crippen molar-refractivity contribution in [2.45, 2.75) is 25.2 Å². The summed E-state index contributed by atoms with van der Waals surface area (Å²) in [5, 5.41) is 6.96. The molecular formula is C28H29ClN2O4S. The number of carbonyl (C=O) groups is 1. The van der Waals surface area contributed by atoms with Crippen molar-refractivity contribution in [3.63, 3.8) is 0 Å². The van der Waals surface area contributed by atoms with E-state index in [9.17, 15) is 4.79 Å². The first-order valence-corrected chi connectivity index (χ1v) is 12.7. The van der Waals surface area contributed by atoms with Gasteiger partial charge in [-0.2, -0.15) is 0 Å². The minimum absolute atomic E-state index is 0.152. The Balaban J connectivity index is 1.26. The lowest BCUT2D eigenvalue weighted by Gasteiger charge is -2.17. The SMILES string of the molecule is COc1ccc(C(=O)NC(=S)C2CNc3cccc(OCCCCCOc4ccc(Cl)cc4)c32)cc1. The number of methoxy groups -OCH3 is 1. The highest BCUT2D eigenvalue weighted by Crippen LogP contribution is 2.39. The lowest BCUT2D eigenvalue weighted by molar-refractivity contribution is 0.0976. The van der Waals surface area contributed by atoms with Gasteiger partial charge in [0.1, 0.15) is 17.2 Å². The first kappa shape index (κ1) is 25.8. The molecule has 0 fully saturated rings. The number of rotatable bonds is 11. The Hall–Kier alpha value is -3.29. The first-order valence-electron chi connectivity index (χ1n) is 11.9. The molecule has 1 amide bonds. The average molecular weight is 525 g/mol. The van der Waals surface area contributed by atoms with Gasteiger partial charge in [-0.25, -0.2) is 0 Å². The average Bonchev–Trinajstić information content (AvgIpc) is 3.34. The van der Waals surface area contributed by atoms with Gasteiger partial charge < -0.3 is 24.8 Å². The van der Waals surface area contributed by atoms with E-state index >= 15 is 0 Å². The Morgan fingerprint density at radius 2 is 1.67 bits per heavy atom. The van der Waals surface area contributed by atoms with Crippen LogP contribution in [0.3, 0.4) is 0 Å². The molecule has 4 rings (SSSR count). The second-order valence-electron chi connectivity index (χ2n) is 8.41. The van der Waals surface area contributed by atoms with Crippen molar-refractivity contribution in [1.29, 1.82) is 0 Å². The quantitative estimate of drug-likeness (QED) is 0.228. The number of benzene rings is 3. The number of nitrogens with one attached hydrogen (secondary N) is 2. The third kappa shape index (κ3) is 6.68. The van der Waals surface area contributed by atoms with E-state index in [1.165, 1.54) is 0 Å². The van der Waals surface area contributed by atoms with Crippen LogP contribution in [-0.4, -0.2) is 37.8 Å². The fraction of sp³-hybridized carbons (Fsp3) is 0.286. The Morgan fingerprint density at radius 3 is 2.39 bits per heavy atom. The number of fused-ring (bicyclic) bond motifs is 1. The summed E-state index contributed by atoms with van der Waals surface area (Å²) < 4.78 is 17.0. The highest BCUT2D eigenvalue weighted by Gasteiger charge is 2.30. The van der Waals surface area contributed by atoms with Crippen molar-refractivity contribution in [2.24, 2.45) is 0 Å². The van der Waals surface area contributed by atoms with Crippen LogP contribution in [0.25, 0.3) is 0 Å². The van der Waals surface area contributed by atoms with Crippen LogP contribution in [0.15, 0.2) is 66.7 Å². The van der Waals surface area contributed by atoms with Crippen LogP contribution >= 0.6 is 23.8 Å². The number of hydrogen-bond acceptors (Lipinski definition) is 6. The van der Waals surface area contributed by atoms with Gasteiger partial charge in [0, 0.05) is 28.4 Å². The number of carbonyl (C=O) groups excluding carboxylic acids is 1. The zero-order valence-electron chi connectivity index (χ0n) is 20.1. The third-order valence-electron chi connectivity index (χ3n) is 5.95. The summed E-state index contributed by atoms with van der Waals surface area (Å²) in [6, 6.07) is 20.2. The van der Waals surface area contributed by atoms with E-state index in [2.05, 4.69) is 10.6 Å². The van der Waals surface area contributed by atoms with Crippen LogP contribution in [0.4, 0.5) is 5.69 Å². The molecule has 3 aromatic carbocycles. The first-order chi connectivity index (χ1) is 17.5. The summed E-state index contributed by atoms with van der Waals surface area (Å²) >= 11 is 11.5. The molecule has 8 heteroatoms. The van der Waals surface area contributed by atoms with Crippen molar-refractivity contribution in [3.8, 4) is 17.2 Å². The molecule has 0 saturated carbocycles. The molecule has 1 aliphatic rings. The van der Waals surface area contributed by atoms with E-state index in [1.54, 1.807) is 31.4 Å². The standard InChI is InChI=1S/C28H29ClN2O4S/c1-33-21-12-8-19(9-13-21)27(32)31-28(36)23-18-30-24-6-5-7-25(26(23)24)35-17-4-2-3-16-34-22-14-10-20(29)11-15-22/h5-15,23,30H,2-4,16-18H2,1H3,(H,31,32,36). The summed E-state index contributed by atoms with van der Waals surface area (Å²) in [6.07, 6.45) is 2.83. The molecule has 0 saturated heterocycles. The maximum Gasteiger partial charge on any atom is 0.256 e. The summed E-state index contributed by atoms with van der Waals surface area (Å²) in [5.74, 6) is 1.92. The second-order valence-corrected chi connectivity index (χ2v) is 9.29. The van der Waals surface area contributed by atoms with Gasteiger partial charge >= 0.3 is 0 Å². The zero-order valence-corrected chi connectivity index (χ0v) is 21.7. The normalized spacial score (nSPS) is 13.9. The number of thiocarbonyl (C=S) groups is 1. The zero-order chi connectivity index (χ0) is 25.3. The molecule has 1 unspecified atom stereocenters. The third-order valence-corrected chi connectivity index (χ3v) is 6.58. The maximum atomic E-state index is 12.7. The van der Waals surface area contributed by atoms with Crippen molar-refractivity contribution in [3.05, 3.63) is 82.9 Å². The number of amides is 1. The molecule has 0 aliphatic carbocycles. The lowest BCUT2D eigenvalue weighted by atomic mass is 9.99. The Morgan fingerprint density at radius 1 is 0.972 bits per heavy atom. The molecule has 2 N–H and O–H groups in total. The van der Waals surface area contributed by atoms with Gasteiger partial charge in [-0.3, -0.25) is 4.79 Å². The number of halogens is 1. The molecule has 3 aromatic rings. The highest BCUT2D eigenvalue weighted by molar-refractivity contribution is 7.80. The van der Waals surface area contributed by atoms with Crippen molar-refractivity contribution >= 4 is 40.4 Å². The van der Waals surface area contributed by atoms with Crippen LogP contribution in [0, 0.1) is 0 Å². The summed E-state index contributed by atoms with van der Waals surface area (Å²) in [7, 11) is 1.59. The van der Waals surface area contributed by atoms with Gasteiger partial charge in [0.15, 0.2) is 0 Å². The van der Waals surface area contributed by atoms with E-state index in [4.69, 9.17) is 38.0 Å². The Kier molecular flexibility index (Phi) is 9.03. The largest absolute Gasteiger partial charge is 0.497 e. The highest BCUT2D eigenvalue weighted by atomic mass is 35.5. The Bertz CT molecular complexity index is 1190. The lowest BCUT2D eigenvalue weighted by Crippen LogP contribution is -2.34. The molecule has 1 atom stereocenters. The summed E-state index contributed by atoms with van der Waals surface area (Å²) in [4.78, 5) is 13.2. The van der Waals surface area contributed by atoms with Crippen LogP contribution in [0.2, 0.25) is 5.02 Å². The van der Waals surface area contributed by atoms with Gasteiger partial charge in [-0.1, -0.05) is 29.9 Å². The number of hydrogen-bond donors (Lipinski definition) is 2. The van der Waals surface area contributed by atoms with Crippen molar-refractivity contribution < 1.29 is 19.0 Å². The van der Waals surface area contributed by atoms with Crippen LogP contribution in [0.5, 0.6) is 17.2 Å². The van der Waals surface area contributed by atoms with E-state index in [0.717, 1.165) is 42.0 Å². The molecule has 0 spiro atoms. The van der Waals surface area contributed by atoms with E-state index in [1.807, 2.05) is 42.5 Å². The molecule has 0 bridgehead atoms. The molecular weight excluding hydrogens is 496 g/mol. The summed E-state index contributed by atoms with van der Waals surface area (Å²) in [5.41, 5.74) is 2.49. The molecule has 6 nitrogen and oxygen atoms in total. The van der Waals surface area contributed by atoms with Crippen molar-refractivity contribution in [2.75, 3.05) is 32.2 Å². The fourth-order valence-electron chi connectivity index (χ4n) is 4.02. The topological polar surface area (TPSA) is 68.8 Å². The predicted molar refractivity (Wildman–Crippen MR) is 147 cm³/mol. The van der Waals surface area contributed by atoms with E-state index in [0.29, 0.717) is 41.1 Å². The smallest absolute Gasteiger partial charge is 0.256 e. The van der Waals surface area contributed by atoms with Crippen LogP contribution in [0.1, 0.15) is 41.1 Å². The molecule has 1 heterocycles. The molecule has 1 aliphatic heterocycles. The fourth-order valence-corrected chi connectivity index (χ4v) is 4.44. The number of anilines is 1. The second kappa shape index (κ2) is 12.6. The number of ether oxygens (including phenoxy) is 3. The number of unbranched alkanes of at least 4 members (excludes halogenated alkanes) is 2. The molecule has 188 valence electrons. The van der Waals surface area contributed by atoms with E-state index in [-0.39, 0.29) is 11.8 Å². The molecule has 0 aromatic heterocycles. The minimum Gasteiger partial charge on any atom is -0.497 e. The van der Waals surface area contributed by atoms with Crippen LogP contribution < -0.4 is 24.8 Å². The molecule has 36 heavy (non-hydrogen) atoms. The van der Waals surface area contributed by atoms with Gasteiger partial charge in [-0.15, -0.1) is 0 Å². The van der Waals surface area contributed by atoms with Gasteiger partial charge in [0.2, 0.25) is 0 Å². The summed E-state index contributed by atoms with van der Waals surface area (Å²) in [6.45, 7) is 1.85. The minimum atomic E-state index is -0.240. The monoisotopic (exact) mass is 524 g/mol.